The zero-order chi connectivity index (χ0) is 15.7. The number of methoxy groups -OCH3 is 1. The van der Waals surface area contributed by atoms with Crippen LogP contribution in [0.3, 0.4) is 0 Å². The van der Waals surface area contributed by atoms with Crippen LogP contribution in [-0.2, 0) is 14.3 Å². The Labute approximate surface area is 129 Å². The Morgan fingerprint density at radius 3 is 2.67 bits per heavy atom. The fourth-order valence-electron chi connectivity index (χ4n) is 1.72. The highest BCUT2D eigenvalue weighted by Gasteiger charge is 2.21. The fraction of sp³-hybridized carbons (Fsp3) is 0.467. The molecule has 0 fully saturated rings. The van der Waals surface area contributed by atoms with Gasteiger partial charge in [-0.15, -0.1) is 0 Å². The van der Waals surface area contributed by atoms with Crippen molar-refractivity contribution in [3.8, 4) is 5.75 Å². The van der Waals surface area contributed by atoms with E-state index in [1.807, 2.05) is 31.4 Å². The molecule has 1 atom stereocenters. The van der Waals surface area contributed by atoms with E-state index < -0.39 is 12.0 Å². The van der Waals surface area contributed by atoms with Gasteiger partial charge in [-0.1, -0.05) is 18.2 Å². The van der Waals surface area contributed by atoms with Gasteiger partial charge in [-0.2, -0.15) is 11.8 Å². The third kappa shape index (κ3) is 6.08. The maximum Gasteiger partial charge on any atom is 0.328 e. The summed E-state index contributed by atoms with van der Waals surface area (Å²) in [5.74, 6) is 0.646. The number of nitrogens with one attached hydrogen (secondary N) is 1. The summed E-state index contributed by atoms with van der Waals surface area (Å²) in [5.41, 5.74) is 0.956. The first-order chi connectivity index (χ1) is 10.1. The van der Waals surface area contributed by atoms with E-state index in [0.29, 0.717) is 12.2 Å². The van der Waals surface area contributed by atoms with Gasteiger partial charge >= 0.3 is 5.97 Å². The van der Waals surface area contributed by atoms with Gasteiger partial charge in [0.15, 0.2) is 6.61 Å². The fourth-order valence-corrected chi connectivity index (χ4v) is 2.20. The number of esters is 1. The molecular weight excluding hydrogens is 290 g/mol. The summed E-state index contributed by atoms with van der Waals surface area (Å²) < 4.78 is 10.1. The molecule has 0 saturated carbocycles. The van der Waals surface area contributed by atoms with Gasteiger partial charge in [0.2, 0.25) is 0 Å². The van der Waals surface area contributed by atoms with Gasteiger partial charge in [0.25, 0.3) is 5.91 Å². The maximum atomic E-state index is 11.9. The number of ether oxygens (including phenoxy) is 2. The molecule has 5 nitrogen and oxygen atoms in total. The lowest BCUT2D eigenvalue weighted by atomic mass is 10.2. The second-order valence-electron chi connectivity index (χ2n) is 4.48. The van der Waals surface area contributed by atoms with Crippen molar-refractivity contribution in [1.82, 2.24) is 5.32 Å². The van der Waals surface area contributed by atoms with Crippen molar-refractivity contribution in [2.45, 2.75) is 19.4 Å². The summed E-state index contributed by atoms with van der Waals surface area (Å²) >= 11 is 1.61. The lowest BCUT2D eigenvalue weighted by molar-refractivity contribution is -0.145. The minimum atomic E-state index is -0.629. The third-order valence-corrected chi connectivity index (χ3v) is 3.53. The third-order valence-electron chi connectivity index (χ3n) is 2.88. The number of hydrogen-bond acceptors (Lipinski definition) is 5. The van der Waals surface area contributed by atoms with Gasteiger partial charge in [-0.3, -0.25) is 4.79 Å². The number of thioether (sulfide) groups is 1. The number of carbonyl (C=O) groups is 2. The highest BCUT2D eigenvalue weighted by atomic mass is 32.2. The minimum absolute atomic E-state index is 0.127. The molecule has 1 aromatic rings. The van der Waals surface area contributed by atoms with Crippen LogP contribution in [0.25, 0.3) is 0 Å². The largest absolute Gasteiger partial charge is 0.484 e. The lowest BCUT2D eigenvalue weighted by Crippen LogP contribution is -2.43. The Balaban J connectivity index is 2.50. The van der Waals surface area contributed by atoms with Gasteiger partial charge in [0.1, 0.15) is 11.8 Å². The summed E-state index contributed by atoms with van der Waals surface area (Å²) in [6.45, 7) is 1.78. The molecule has 0 aliphatic heterocycles. The average Bonchev–Trinajstić information content (AvgIpc) is 2.49. The van der Waals surface area contributed by atoms with Gasteiger partial charge in [-0.25, -0.2) is 4.79 Å². The molecule has 1 N–H and O–H groups in total. The molecular formula is C15H21NO4S. The summed E-state index contributed by atoms with van der Waals surface area (Å²) in [6, 6.07) is 6.82. The van der Waals surface area contributed by atoms with Crippen LogP contribution < -0.4 is 10.1 Å². The van der Waals surface area contributed by atoms with Crippen molar-refractivity contribution in [2.24, 2.45) is 0 Å². The van der Waals surface area contributed by atoms with E-state index >= 15 is 0 Å². The van der Waals surface area contributed by atoms with Gasteiger partial charge in [0.05, 0.1) is 7.11 Å². The highest BCUT2D eigenvalue weighted by molar-refractivity contribution is 7.98. The van der Waals surface area contributed by atoms with E-state index in [1.165, 1.54) is 7.11 Å². The topological polar surface area (TPSA) is 64.6 Å². The molecule has 0 aliphatic carbocycles. The van der Waals surface area contributed by atoms with Crippen molar-refractivity contribution in [1.29, 1.82) is 0 Å². The van der Waals surface area contributed by atoms with Gasteiger partial charge in [0, 0.05) is 0 Å². The van der Waals surface area contributed by atoms with Crippen LogP contribution in [-0.4, -0.2) is 43.6 Å². The summed E-state index contributed by atoms with van der Waals surface area (Å²) in [4.78, 5) is 23.5. The molecule has 0 heterocycles. The summed E-state index contributed by atoms with van der Waals surface area (Å²) in [6.07, 6.45) is 2.47. The summed E-state index contributed by atoms with van der Waals surface area (Å²) in [5, 5.41) is 2.64. The molecule has 21 heavy (non-hydrogen) atoms. The van der Waals surface area contributed by atoms with Crippen LogP contribution >= 0.6 is 11.8 Å². The average molecular weight is 311 g/mol. The van der Waals surface area contributed by atoms with E-state index in [4.69, 9.17) is 4.74 Å². The summed E-state index contributed by atoms with van der Waals surface area (Å²) in [7, 11) is 1.31. The number of carbonyl (C=O) groups excluding carboxylic acids is 2. The molecule has 0 radical (unpaired) electrons. The zero-order valence-electron chi connectivity index (χ0n) is 12.5. The molecule has 0 aromatic heterocycles. The SMILES string of the molecule is COC(=O)[C@@H](CCSC)NC(=O)COc1ccccc1C. The van der Waals surface area contributed by atoms with Crippen LogP contribution in [0.15, 0.2) is 24.3 Å². The van der Waals surface area contributed by atoms with E-state index in [1.54, 1.807) is 17.8 Å². The Bertz CT molecular complexity index is 478. The van der Waals surface area contributed by atoms with Crippen molar-refractivity contribution in [3.05, 3.63) is 29.8 Å². The number of aryl methyl sites for hydroxylation is 1. The van der Waals surface area contributed by atoms with E-state index in [0.717, 1.165) is 11.3 Å². The number of para-hydroxylation sites is 1. The molecule has 0 unspecified atom stereocenters. The standard InChI is InChI=1S/C15H21NO4S/c1-11-6-4-5-7-13(11)20-10-14(17)16-12(8-9-21-3)15(18)19-2/h4-7,12H,8-10H2,1-3H3,(H,16,17)/t12-/m1/s1. The van der Waals surface area contributed by atoms with Crippen LogP contribution in [0.4, 0.5) is 0 Å². The Kier molecular flexibility index (Phi) is 7.68. The van der Waals surface area contributed by atoms with Crippen molar-refractivity contribution >= 4 is 23.6 Å². The molecule has 6 heteroatoms. The number of amides is 1. The van der Waals surface area contributed by atoms with Gasteiger partial charge < -0.3 is 14.8 Å². The van der Waals surface area contributed by atoms with E-state index in [-0.39, 0.29) is 12.5 Å². The van der Waals surface area contributed by atoms with Crippen molar-refractivity contribution < 1.29 is 19.1 Å². The van der Waals surface area contributed by atoms with Crippen LogP contribution in [0.1, 0.15) is 12.0 Å². The minimum Gasteiger partial charge on any atom is -0.484 e. The monoisotopic (exact) mass is 311 g/mol. The molecule has 1 rings (SSSR count). The van der Waals surface area contributed by atoms with E-state index in [9.17, 15) is 9.59 Å². The van der Waals surface area contributed by atoms with Crippen molar-refractivity contribution in [2.75, 3.05) is 25.7 Å². The predicted octanol–water partition coefficient (Wildman–Crippen LogP) is 1.78. The lowest BCUT2D eigenvalue weighted by Gasteiger charge is -2.16. The Morgan fingerprint density at radius 2 is 2.05 bits per heavy atom. The van der Waals surface area contributed by atoms with Crippen LogP contribution in [0, 0.1) is 6.92 Å². The second-order valence-corrected chi connectivity index (χ2v) is 5.46. The molecule has 0 saturated heterocycles. The number of rotatable bonds is 8. The van der Waals surface area contributed by atoms with Gasteiger partial charge in [-0.05, 0) is 37.0 Å². The van der Waals surface area contributed by atoms with Crippen molar-refractivity contribution in [3.63, 3.8) is 0 Å². The molecule has 0 spiro atoms. The molecule has 1 aromatic carbocycles. The number of benzene rings is 1. The maximum absolute atomic E-state index is 11.9. The molecule has 1 amide bonds. The Morgan fingerprint density at radius 1 is 1.33 bits per heavy atom. The molecule has 0 aliphatic rings. The van der Waals surface area contributed by atoms with E-state index in [2.05, 4.69) is 10.1 Å². The first-order valence-electron chi connectivity index (χ1n) is 6.63. The zero-order valence-corrected chi connectivity index (χ0v) is 13.4. The predicted molar refractivity (Wildman–Crippen MR) is 83.6 cm³/mol. The molecule has 0 bridgehead atoms. The molecule has 116 valence electrons. The van der Waals surface area contributed by atoms with Crippen LogP contribution in [0.2, 0.25) is 0 Å². The smallest absolute Gasteiger partial charge is 0.328 e. The first kappa shape index (κ1) is 17.4. The quantitative estimate of drug-likeness (QED) is 0.742. The normalized spacial score (nSPS) is 11.6. The van der Waals surface area contributed by atoms with Crippen LogP contribution in [0.5, 0.6) is 5.75 Å². The Hall–Kier alpha value is -1.69. The number of hydrogen-bond donors (Lipinski definition) is 1. The highest BCUT2D eigenvalue weighted by Crippen LogP contribution is 2.15. The second kappa shape index (κ2) is 9.28. The first-order valence-corrected chi connectivity index (χ1v) is 8.02.